The Labute approximate surface area is 274 Å². The number of carbonyl (C=O) groups excluding carboxylic acids is 2. The Morgan fingerprint density at radius 3 is 2.10 bits per heavy atom. The maximum atomic E-state index is 11.7. The highest BCUT2D eigenvalue weighted by molar-refractivity contribution is 5.92. The zero-order valence-corrected chi connectivity index (χ0v) is 25.0. The van der Waals surface area contributed by atoms with Crippen LogP contribution in [0.5, 0.6) is 28.7 Å². The first-order valence-corrected chi connectivity index (χ1v) is 14.5. The van der Waals surface area contributed by atoms with Crippen LogP contribution in [0, 0.1) is 0 Å². The summed E-state index contributed by atoms with van der Waals surface area (Å²) >= 11 is 0. The molecule has 3 aromatic rings. The average molecular weight is 697 g/mol. The molecular formula is C30H32O19. The van der Waals surface area contributed by atoms with E-state index in [1.165, 1.54) is 6.07 Å². The van der Waals surface area contributed by atoms with E-state index in [-0.39, 0.29) is 22.3 Å². The quantitative estimate of drug-likeness (QED) is 0.0449. The fourth-order valence-electron chi connectivity index (χ4n) is 5.45. The van der Waals surface area contributed by atoms with Gasteiger partial charge in [0.2, 0.25) is 12.0 Å². The number of aromatic hydroxyl groups is 4. The molecule has 11 N–H and O–H groups in total. The Hall–Kier alpha value is -4.57. The van der Waals surface area contributed by atoms with Gasteiger partial charge in [0.25, 0.3) is 0 Å². The lowest BCUT2D eigenvalue weighted by molar-refractivity contribution is -0.305. The number of carboxylic acids is 1. The molecule has 2 aliphatic heterocycles. The van der Waals surface area contributed by atoms with Crippen molar-refractivity contribution in [1.29, 1.82) is 0 Å². The van der Waals surface area contributed by atoms with Crippen LogP contribution in [0.2, 0.25) is 0 Å². The van der Waals surface area contributed by atoms with Crippen molar-refractivity contribution in [1.82, 2.24) is 0 Å². The van der Waals surface area contributed by atoms with Crippen molar-refractivity contribution < 1.29 is 94.2 Å². The molecule has 0 saturated carbocycles. The summed E-state index contributed by atoms with van der Waals surface area (Å²) in [6, 6.07) is 5.16. The van der Waals surface area contributed by atoms with E-state index < -0.39 is 127 Å². The molecule has 19 heteroatoms. The number of hydrogen-bond donors (Lipinski definition) is 11. The third kappa shape index (κ3) is 6.97. The summed E-state index contributed by atoms with van der Waals surface area (Å²) in [5, 5.41) is 125. The van der Waals surface area contributed by atoms with Gasteiger partial charge in [0.1, 0.15) is 84.0 Å². The Morgan fingerprint density at radius 1 is 0.776 bits per heavy atom. The largest absolute Gasteiger partial charge is 0.550 e. The van der Waals surface area contributed by atoms with Gasteiger partial charge in [0, 0.05) is 18.2 Å². The summed E-state index contributed by atoms with van der Waals surface area (Å²) in [6.07, 6.45) is -19.1. The van der Waals surface area contributed by atoms with E-state index in [0.29, 0.717) is 0 Å². The molecule has 19 nitrogen and oxygen atoms in total. The minimum Gasteiger partial charge on any atom is -0.550 e. The first-order chi connectivity index (χ1) is 23.1. The van der Waals surface area contributed by atoms with Crippen molar-refractivity contribution in [2.45, 2.75) is 67.6 Å². The Kier molecular flexibility index (Phi) is 10.3. The molecule has 1 aromatic heterocycles. The van der Waals surface area contributed by atoms with Gasteiger partial charge in [-0.2, -0.15) is 0 Å². The molecule has 3 heterocycles. The third-order valence-electron chi connectivity index (χ3n) is 8.04. The second-order valence-electron chi connectivity index (χ2n) is 11.3. The smallest absolute Gasteiger partial charge is 0.402 e. The Morgan fingerprint density at radius 2 is 1.45 bits per heavy atom. The summed E-state index contributed by atoms with van der Waals surface area (Å²) in [4.78, 5) is 22.4. The molecule has 2 saturated heterocycles. The minimum absolute atomic E-state index is 0.0616. The van der Waals surface area contributed by atoms with Gasteiger partial charge in [0.05, 0.1) is 24.6 Å². The number of esters is 1. The standard InChI is InChI=1S/C30H32O19/c31-7-16-21(39)23(41)25(43)29(46-16)20-14(35)5-12(33)10-4-15(27(49-28(10)20)9-1-2-11(32)13(34)3-9)47-30-26(44)24(42)22(40)17(48-30)8-45-19(38)6-18(36)37/h1-5,16-17,21-26,29-31,39-44H,6-8H2,(H4-,32,33,34,35,36,37)/t16-,17-,21+,22+,23-,24-,25+,26+,29-,30+/m0/s1. The fourth-order valence-corrected chi connectivity index (χ4v) is 5.45. The van der Waals surface area contributed by atoms with Crippen molar-refractivity contribution in [2.24, 2.45) is 0 Å². The SMILES string of the molecule is O=C([O-])CC(=O)OC[C@@H]1O[C@@H](Oc2cc3c(O)cc(O)c([C@@H]4O[C@@H](CO)[C@@H](O)[C@H](O)[C@H]4O)c3[o+]c2-c2ccc(O)c(O)c2)[C@H](O)[C@@H](O)[C@@H]1O. The van der Waals surface area contributed by atoms with Crippen molar-refractivity contribution in [3.63, 3.8) is 0 Å². The molecule has 0 aliphatic carbocycles. The summed E-state index contributed by atoms with van der Waals surface area (Å²) in [7, 11) is 0. The van der Waals surface area contributed by atoms with Crippen molar-refractivity contribution >= 4 is 22.9 Å². The molecule has 2 aliphatic rings. The number of hydrogen-bond acceptors (Lipinski definition) is 18. The molecule has 0 radical (unpaired) electrons. The molecule has 2 aromatic carbocycles. The molecule has 266 valence electrons. The molecule has 0 bridgehead atoms. The van der Waals surface area contributed by atoms with Crippen molar-refractivity contribution in [3.05, 3.63) is 35.9 Å². The maximum Gasteiger partial charge on any atom is 0.402 e. The van der Waals surface area contributed by atoms with Crippen LogP contribution in [0.3, 0.4) is 0 Å². The van der Waals surface area contributed by atoms with E-state index in [1.807, 2.05) is 0 Å². The van der Waals surface area contributed by atoms with Crippen LogP contribution >= 0.6 is 0 Å². The summed E-state index contributed by atoms with van der Waals surface area (Å²) in [5.74, 6) is -6.40. The lowest BCUT2D eigenvalue weighted by Gasteiger charge is -2.40. The van der Waals surface area contributed by atoms with E-state index in [2.05, 4.69) is 0 Å². The number of phenolic OH excluding ortho intramolecular Hbond substituents is 4. The van der Waals surface area contributed by atoms with Gasteiger partial charge in [-0.15, -0.1) is 0 Å². The highest BCUT2D eigenvalue weighted by Crippen LogP contribution is 2.48. The Bertz CT molecular complexity index is 1710. The molecule has 0 unspecified atom stereocenters. The molecule has 49 heavy (non-hydrogen) atoms. The number of aliphatic carboxylic acids is 1. The van der Waals surface area contributed by atoms with Crippen LogP contribution in [-0.2, 0) is 23.8 Å². The van der Waals surface area contributed by atoms with Gasteiger partial charge in [0.15, 0.2) is 11.5 Å². The summed E-state index contributed by atoms with van der Waals surface area (Å²) < 4.78 is 27.8. The summed E-state index contributed by atoms with van der Waals surface area (Å²) in [6.45, 7) is -1.62. The normalized spacial score (nSPS) is 30.2. The molecule has 0 amide bonds. The molecule has 10 atom stereocenters. The van der Waals surface area contributed by atoms with Crippen LogP contribution in [0.25, 0.3) is 22.3 Å². The van der Waals surface area contributed by atoms with E-state index in [1.54, 1.807) is 0 Å². The predicted molar refractivity (Wildman–Crippen MR) is 153 cm³/mol. The number of carbonyl (C=O) groups is 2. The number of aliphatic hydroxyl groups is 7. The van der Waals surface area contributed by atoms with Crippen LogP contribution < -0.4 is 9.84 Å². The third-order valence-corrected chi connectivity index (χ3v) is 8.04. The van der Waals surface area contributed by atoms with Crippen LogP contribution in [0.15, 0.2) is 34.7 Å². The molecular weight excluding hydrogens is 664 g/mol. The first-order valence-electron chi connectivity index (χ1n) is 14.5. The van der Waals surface area contributed by atoms with Crippen LogP contribution in [0.4, 0.5) is 0 Å². The number of phenols is 4. The van der Waals surface area contributed by atoms with Gasteiger partial charge in [-0.3, -0.25) is 4.79 Å². The van der Waals surface area contributed by atoms with Crippen molar-refractivity contribution in [3.8, 4) is 40.1 Å². The Balaban J connectivity index is 1.61. The monoisotopic (exact) mass is 696 g/mol. The zero-order valence-electron chi connectivity index (χ0n) is 25.0. The lowest BCUT2D eigenvalue weighted by Crippen LogP contribution is -2.60. The maximum absolute atomic E-state index is 11.7. The predicted octanol–water partition coefficient (Wildman–Crippen LogP) is -3.41. The van der Waals surface area contributed by atoms with Gasteiger partial charge in [-0.1, -0.05) is 0 Å². The van der Waals surface area contributed by atoms with Gasteiger partial charge in [-0.05, 0) is 12.1 Å². The highest BCUT2D eigenvalue weighted by atomic mass is 16.7. The molecule has 2 fully saturated rings. The lowest BCUT2D eigenvalue weighted by atomic mass is 9.89. The molecule has 5 rings (SSSR count). The topological polar surface area (TPSA) is 328 Å². The first kappa shape index (κ1) is 35.7. The number of carboxylic acid groups (broad SMARTS) is 1. The minimum atomic E-state index is -2.00. The van der Waals surface area contributed by atoms with Gasteiger partial charge in [-0.25, -0.2) is 4.42 Å². The van der Waals surface area contributed by atoms with Gasteiger partial charge < -0.3 is 85.0 Å². The number of aliphatic hydroxyl groups excluding tert-OH is 7. The van der Waals surface area contributed by atoms with E-state index in [0.717, 1.165) is 24.3 Å². The van der Waals surface area contributed by atoms with Crippen molar-refractivity contribution in [2.75, 3.05) is 13.2 Å². The average Bonchev–Trinajstić information content (AvgIpc) is 3.05. The zero-order chi connectivity index (χ0) is 35.9. The van der Waals surface area contributed by atoms with Crippen LogP contribution in [-0.4, -0.2) is 136 Å². The van der Waals surface area contributed by atoms with E-state index in [9.17, 15) is 70.9 Å². The highest BCUT2D eigenvalue weighted by Gasteiger charge is 2.49. The summed E-state index contributed by atoms with van der Waals surface area (Å²) in [5.41, 5.74) is -0.866. The van der Waals surface area contributed by atoms with E-state index >= 15 is 0 Å². The fraction of sp³-hybridized carbons (Fsp3) is 0.433. The molecule has 0 spiro atoms. The second kappa shape index (κ2) is 14.1. The second-order valence-corrected chi connectivity index (χ2v) is 11.3. The van der Waals surface area contributed by atoms with E-state index in [4.69, 9.17) is 23.4 Å². The van der Waals surface area contributed by atoms with Gasteiger partial charge >= 0.3 is 17.3 Å². The number of benzene rings is 2. The number of rotatable bonds is 9. The van der Waals surface area contributed by atoms with Crippen LogP contribution in [0.1, 0.15) is 18.1 Å². The number of fused-ring (bicyclic) bond motifs is 1. The number of ether oxygens (including phenoxy) is 4.